The Morgan fingerprint density at radius 3 is 1.88 bits per heavy atom. The number of benzene rings is 1. The molecule has 0 bridgehead atoms. The maximum absolute atomic E-state index is 11.3. The zero-order chi connectivity index (χ0) is 12.8. The summed E-state index contributed by atoms with van der Waals surface area (Å²) in [5, 5.41) is 0. The highest BCUT2D eigenvalue weighted by molar-refractivity contribution is 6.19. The van der Waals surface area contributed by atoms with Crippen LogP contribution >= 0.6 is 0 Å². The maximum Gasteiger partial charge on any atom is 0.234 e. The molecule has 1 aromatic carbocycles. The highest BCUT2D eigenvalue weighted by atomic mass is 16.2. The summed E-state index contributed by atoms with van der Waals surface area (Å²) in [4.78, 5) is 23.8. The summed E-state index contributed by atoms with van der Waals surface area (Å²) >= 11 is 0. The van der Waals surface area contributed by atoms with Crippen LogP contribution in [0.5, 0.6) is 0 Å². The smallest absolute Gasteiger partial charge is 0.234 e. The molecule has 90 valence electrons. The molecule has 0 aliphatic carbocycles. The van der Waals surface area contributed by atoms with Crippen LogP contribution in [0.3, 0.4) is 0 Å². The van der Waals surface area contributed by atoms with E-state index in [-0.39, 0.29) is 11.8 Å². The van der Waals surface area contributed by atoms with Crippen molar-refractivity contribution in [1.82, 2.24) is 0 Å². The highest BCUT2D eigenvalue weighted by Crippen LogP contribution is 2.21. The fourth-order valence-electron chi connectivity index (χ4n) is 1.44. The molecule has 1 aliphatic heterocycles. The summed E-state index contributed by atoms with van der Waals surface area (Å²) in [6.07, 6.45) is 0.682. The standard InChI is InChI=1S/C10H9NO2.C4H8/c12-9-6-7-10(13)11(9)8-4-2-1-3-5-8;1-4(2)3/h1-5H,6-7H2;1H2,2-3H3. The van der Waals surface area contributed by atoms with Gasteiger partial charge in [-0.05, 0) is 26.0 Å². The highest BCUT2D eigenvalue weighted by Gasteiger charge is 2.29. The van der Waals surface area contributed by atoms with E-state index in [9.17, 15) is 9.59 Å². The summed E-state index contributed by atoms with van der Waals surface area (Å²) in [5.74, 6) is -0.201. The number of rotatable bonds is 1. The lowest BCUT2D eigenvalue weighted by atomic mass is 10.3. The first-order valence-corrected chi connectivity index (χ1v) is 5.55. The third-order valence-electron chi connectivity index (χ3n) is 2.07. The third-order valence-corrected chi connectivity index (χ3v) is 2.07. The average Bonchev–Trinajstić information content (AvgIpc) is 2.59. The van der Waals surface area contributed by atoms with Gasteiger partial charge in [-0.15, -0.1) is 6.58 Å². The number of para-hydroxylation sites is 1. The van der Waals surface area contributed by atoms with Gasteiger partial charge in [0.15, 0.2) is 0 Å². The van der Waals surface area contributed by atoms with Gasteiger partial charge in [0.05, 0.1) is 5.69 Å². The molecule has 0 spiro atoms. The van der Waals surface area contributed by atoms with E-state index in [0.29, 0.717) is 18.5 Å². The molecule has 2 rings (SSSR count). The molecule has 0 unspecified atom stereocenters. The molecule has 0 radical (unpaired) electrons. The van der Waals surface area contributed by atoms with Gasteiger partial charge in [-0.3, -0.25) is 14.5 Å². The number of amides is 2. The zero-order valence-electron chi connectivity index (χ0n) is 10.3. The number of imide groups is 1. The molecule has 1 saturated heterocycles. The molecule has 1 heterocycles. The summed E-state index contributed by atoms with van der Waals surface area (Å²) in [6.45, 7) is 7.50. The van der Waals surface area contributed by atoms with Crippen molar-refractivity contribution < 1.29 is 9.59 Å². The molecule has 1 fully saturated rings. The van der Waals surface area contributed by atoms with Crippen molar-refractivity contribution >= 4 is 17.5 Å². The van der Waals surface area contributed by atoms with E-state index in [1.165, 1.54) is 10.5 Å². The largest absolute Gasteiger partial charge is 0.274 e. The van der Waals surface area contributed by atoms with Gasteiger partial charge in [0.1, 0.15) is 0 Å². The number of hydrogen-bond donors (Lipinski definition) is 0. The van der Waals surface area contributed by atoms with Crippen LogP contribution in [0.2, 0.25) is 0 Å². The van der Waals surface area contributed by atoms with Gasteiger partial charge in [-0.1, -0.05) is 23.8 Å². The Bertz CT molecular complexity index is 403. The second kappa shape index (κ2) is 5.99. The molecule has 3 heteroatoms. The van der Waals surface area contributed by atoms with E-state index in [4.69, 9.17) is 0 Å². The lowest BCUT2D eigenvalue weighted by molar-refractivity contribution is -0.121. The summed E-state index contributed by atoms with van der Waals surface area (Å²) < 4.78 is 0. The van der Waals surface area contributed by atoms with E-state index in [1.54, 1.807) is 12.1 Å². The van der Waals surface area contributed by atoms with Crippen LogP contribution in [0.1, 0.15) is 26.7 Å². The summed E-state index contributed by atoms with van der Waals surface area (Å²) in [7, 11) is 0. The van der Waals surface area contributed by atoms with Crippen LogP contribution in [0.4, 0.5) is 5.69 Å². The number of anilines is 1. The molecule has 0 saturated carbocycles. The van der Waals surface area contributed by atoms with Crippen LogP contribution in [-0.2, 0) is 9.59 Å². The maximum atomic E-state index is 11.3. The van der Waals surface area contributed by atoms with E-state index in [0.717, 1.165) is 0 Å². The summed E-state index contributed by atoms with van der Waals surface area (Å²) in [5.41, 5.74) is 1.84. The first-order valence-electron chi connectivity index (χ1n) is 5.55. The number of nitrogens with zero attached hydrogens (tertiary/aromatic N) is 1. The molecular formula is C14H17NO2. The summed E-state index contributed by atoms with van der Waals surface area (Å²) in [6, 6.07) is 9.01. The molecule has 0 atom stereocenters. The molecule has 0 aromatic heterocycles. The molecule has 1 aromatic rings. The fourth-order valence-corrected chi connectivity index (χ4v) is 1.44. The quantitative estimate of drug-likeness (QED) is 0.550. The molecule has 3 nitrogen and oxygen atoms in total. The van der Waals surface area contributed by atoms with Crippen LogP contribution in [0.25, 0.3) is 0 Å². The Kier molecular flexibility index (Phi) is 4.64. The van der Waals surface area contributed by atoms with Crippen LogP contribution in [-0.4, -0.2) is 11.8 Å². The molecule has 1 aliphatic rings. The van der Waals surface area contributed by atoms with Gasteiger partial charge in [-0.2, -0.15) is 0 Å². The van der Waals surface area contributed by atoms with Crippen LogP contribution in [0.15, 0.2) is 42.5 Å². The second-order valence-electron chi connectivity index (χ2n) is 4.17. The minimum atomic E-state index is -0.101. The molecule has 17 heavy (non-hydrogen) atoms. The normalized spacial score (nSPS) is 14.4. The predicted octanol–water partition coefficient (Wildman–Crippen LogP) is 2.92. The Morgan fingerprint density at radius 1 is 1.06 bits per heavy atom. The van der Waals surface area contributed by atoms with Crippen molar-refractivity contribution in [2.75, 3.05) is 4.90 Å². The van der Waals surface area contributed by atoms with Crippen molar-refractivity contribution in [2.24, 2.45) is 0 Å². The molecule has 0 N–H and O–H groups in total. The first kappa shape index (κ1) is 13.2. The predicted molar refractivity (Wildman–Crippen MR) is 68.7 cm³/mol. The topological polar surface area (TPSA) is 37.4 Å². The van der Waals surface area contributed by atoms with Crippen LogP contribution < -0.4 is 4.90 Å². The van der Waals surface area contributed by atoms with Gasteiger partial charge in [0.2, 0.25) is 11.8 Å². The molecule has 2 amide bonds. The lowest BCUT2D eigenvalue weighted by Crippen LogP contribution is -2.28. The van der Waals surface area contributed by atoms with E-state index >= 15 is 0 Å². The molecular weight excluding hydrogens is 214 g/mol. The van der Waals surface area contributed by atoms with Gasteiger partial charge < -0.3 is 0 Å². The fraction of sp³-hybridized carbons (Fsp3) is 0.286. The van der Waals surface area contributed by atoms with Gasteiger partial charge >= 0.3 is 0 Å². The second-order valence-corrected chi connectivity index (χ2v) is 4.17. The van der Waals surface area contributed by atoms with Crippen molar-refractivity contribution in [2.45, 2.75) is 26.7 Å². The number of allylic oxidation sites excluding steroid dienone is 1. The zero-order valence-corrected chi connectivity index (χ0v) is 10.3. The number of carbonyl (C=O) groups excluding carboxylic acids is 2. The van der Waals surface area contributed by atoms with Crippen molar-refractivity contribution in [3.05, 3.63) is 42.5 Å². The van der Waals surface area contributed by atoms with Crippen molar-refractivity contribution in [3.8, 4) is 0 Å². The van der Waals surface area contributed by atoms with Crippen molar-refractivity contribution in [3.63, 3.8) is 0 Å². The minimum absolute atomic E-state index is 0.101. The van der Waals surface area contributed by atoms with E-state index in [2.05, 4.69) is 6.58 Å². The van der Waals surface area contributed by atoms with Gasteiger partial charge in [0.25, 0.3) is 0 Å². The van der Waals surface area contributed by atoms with Gasteiger partial charge in [-0.25, -0.2) is 0 Å². The van der Waals surface area contributed by atoms with Crippen LogP contribution in [0, 0.1) is 0 Å². The Morgan fingerprint density at radius 2 is 1.47 bits per heavy atom. The van der Waals surface area contributed by atoms with Crippen molar-refractivity contribution in [1.29, 1.82) is 0 Å². The van der Waals surface area contributed by atoms with Gasteiger partial charge in [0, 0.05) is 12.8 Å². The lowest BCUT2D eigenvalue weighted by Gasteiger charge is -2.12. The SMILES string of the molecule is C=C(C)C.O=C1CCC(=O)N1c1ccccc1. The Labute approximate surface area is 102 Å². The Balaban J connectivity index is 0.000000317. The van der Waals surface area contributed by atoms with E-state index < -0.39 is 0 Å². The van der Waals surface area contributed by atoms with E-state index in [1.807, 2.05) is 32.0 Å². The number of carbonyl (C=O) groups is 2. The average molecular weight is 231 g/mol. The number of hydrogen-bond acceptors (Lipinski definition) is 2. The monoisotopic (exact) mass is 231 g/mol. The minimum Gasteiger partial charge on any atom is -0.274 e. The Hall–Kier alpha value is -1.90. The first-order chi connectivity index (χ1) is 8.02. The third kappa shape index (κ3) is 3.87.